The van der Waals surface area contributed by atoms with Gasteiger partial charge in [0.25, 0.3) is 5.91 Å². The summed E-state index contributed by atoms with van der Waals surface area (Å²) in [7, 11) is 0. The van der Waals surface area contributed by atoms with Gasteiger partial charge in [-0.3, -0.25) is 14.4 Å². The largest absolute Gasteiger partial charge is 0.481 e. The molecule has 0 spiro atoms. The zero-order valence-electron chi connectivity index (χ0n) is 16.9. The third kappa shape index (κ3) is 8.92. The quantitative estimate of drug-likeness (QED) is 0.251. The van der Waals surface area contributed by atoms with Gasteiger partial charge in [0.15, 0.2) is 0 Å². The average molecular weight is 497 g/mol. The molecular weight excluding hydrogens is 474 g/mol. The van der Waals surface area contributed by atoms with E-state index in [4.69, 9.17) is 33.1 Å². The van der Waals surface area contributed by atoms with E-state index >= 15 is 0 Å². The fourth-order valence-electron chi connectivity index (χ4n) is 2.72. The van der Waals surface area contributed by atoms with Gasteiger partial charge in [-0.15, -0.1) is 0 Å². The van der Waals surface area contributed by atoms with E-state index in [1.54, 1.807) is 32.0 Å². The van der Waals surface area contributed by atoms with Crippen molar-refractivity contribution in [1.29, 1.82) is 0 Å². The lowest BCUT2D eigenvalue weighted by Gasteiger charge is -2.29. The van der Waals surface area contributed by atoms with Crippen LogP contribution in [-0.4, -0.2) is 32.8 Å². The highest BCUT2D eigenvalue weighted by molar-refractivity contribution is 8.04. The van der Waals surface area contributed by atoms with Crippen molar-refractivity contribution in [3.05, 3.63) is 30.3 Å². The summed E-state index contributed by atoms with van der Waals surface area (Å²) in [6, 6.07) is 7.78. The van der Waals surface area contributed by atoms with Gasteiger partial charge in [0, 0.05) is 24.8 Å². The van der Waals surface area contributed by atoms with Gasteiger partial charge in [-0.05, 0) is 25.0 Å². The van der Waals surface area contributed by atoms with Gasteiger partial charge in [0.05, 0.1) is 17.5 Å². The van der Waals surface area contributed by atoms with Crippen LogP contribution in [0.3, 0.4) is 0 Å². The lowest BCUT2D eigenvalue weighted by Crippen LogP contribution is -2.44. The summed E-state index contributed by atoms with van der Waals surface area (Å²) in [4.78, 5) is 52.9. The third-order valence-corrected chi connectivity index (χ3v) is 5.73. The van der Waals surface area contributed by atoms with E-state index in [2.05, 4.69) is 0 Å². The molecule has 0 aliphatic heterocycles. The number of nitrogens with one attached hydrogen (secondary N) is 1. The highest BCUT2D eigenvalue weighted by atomic mass is 35.5. The number of carboxylic acid groups (broad SMARTS) is 1. The number of aliphatic carboxylic acids is 1. The zero-order chi connectivity index (χ0) is 23.7. The van der Waals surface area contributed by atoms with Crippen LogP contribution in [0.1, 0.15) is 46.0 Å². The number of carboxylic acids is 1. The van der Waals surface area contributed by atoms with Crippen molar-refractivity contribution in [1.82, 2.24) is 5.48 Å². The summed E-state index contributed by atoms with van der Waals surface area (Å²) < 4.78 is 11.6. The number of anilines is 1. The van der Waals surface area contributed by atoms with Crippen LogP contribution in [0.25, 0.3) is 0 Å². The van der Waals surface area contributed by atoms with Crippen LogP contribution in [-0.2, 0) is 19.2 Å². The number of alkyl halides is 3. The number of hydrogen-bond acceptors (Lipinski definition) is 6. The molecular formula is C19H23Cl2FN2O6S. The van der Waals surface area contributed by atoms with E-state index in [-0.39, 0.29) is 49.7 Å². The first kappa shape index (κ1) is 27.0. The Kier molecular flexibility index (Phi) is 10.5. The Labute approximate surface area is 193 Å². The monoisotopic (exact) mass is 496 g/mol. The maximum atomic E-state index is 13.7. The first-order chi connectivity index (χ1) is 14.4. The first-order valence-corrected chi connectivity index (χ1v) is 10.8. The SMILES string of the molecule is CCC(CC)(CC(=O)CCC(=O)O)C(=O)NOC(=O)N(SC(F)(Cl)Cl)c1ccccc1. The number of nitrogens with zero attached hydrogens (tertiary/aromatic N) is 1. The Morgan fingerprint density at radius 3 is 2.19 bits per heavy atom. The minimum absolute atomic E-state index is 0.116. The molecule has 0 saturated heterocycles. The van der Waals surface area contributed by atoms with Crippen LogP contribution < -0.4 is 9.79 Å². The summed E-state index contributed by atoms with van der Waals surface area (Å²) in [5.41, 5.74) is 0.997. The van der Waals surface area contributed by atoms with Crippen LogP contribution in [0.2, 0.25) is 0 Å². The number of carbonyl (C=O) groups excluding carboxylic acids is 3. The number of para-hydroxylation sites is 1. The Bertz CT molecular complexity index is 787. The molecule has 12 heteroatoms. The molecule has 0 fully saturated rings. The second kappa shape index (κ2) is 12.1. The van der Waals surface area contributed by atoms with Crippen LogP contribution >= 0.6 is 35.1 Å². The number of ketones is 1. The predicted octanol–water partition coefficient (Wildman–Crippen LogP) is 5.00. The number of amides is 2. The predicted molar refractivity (Wildman–Crippen MR) is 116 cm³/mol. The van der Waals surface area contributed by atoms with E-state index in [1.165, 1.54) is 12.1 Å². The Morgan fingerprint density at radius 2 is 1.71 bits per heavy atom. The Balaban J connectivity index is 2.89. The first-order valence-electron chi connectivity index (χ1n) is 9.30. The van der Waals surface area contributed by atoms with Crippen LogP contribution in [0.15, 0.2) is 30.3 Å². The Morgan fingerprint density at radius 1 is 1.13 bits per heavy atom. The molecule has 1 rings (SSSR count). The highest BCUT2D eigenvalue weighted by Gasteiger charge is 2.39. The molecule has 0 atom stereocenters. The summed E-state index contributed by atoms with van der Waals surface area (Å²) in [5, 5.41) is 8.72. The van der Waals surface area contributed by atoms with Crippen LogP contribution in [0, 0.1) is 5.41 Å². The molecule has 31 heavy (non-hydrogen) atoms. The standard InChI is InChI=1S/C19H23Cl2FN2O6S/c1-3-18(4-2,12-14(25)10-11-15(26)27)16(28)23-30-17(29)24(31-19(20,21)22)13-8-6-5-7-9-13/h5-9H,3-4,10-12H2,1-2H3,(H,23,28)(H,26,27). The molecule has 8 nitrogen and oxygen atoms in total. The van der Waals surface area contributed by atoms with Gasteiger partial charge in [-0.25, -0.2) is 9.10 Å². The minimum Gasteiger partial charge on any atom is -0.481 e. The van der Waals surface area contributed by atoms with Crippen LogP contribution in [0.4, 0.5) is 14.9 Å². The molecule has 0 aliphatic rings. The summed E-state index contributed by atoms with van der Waals surface area (Å²) in [5.74, 6) is -2.26. The molecule has 0 saturated carbocycles. The normalized spacial score (nSPS) is 11.5. The second-order valence-electron chi connectivity index (χ2n) is 6.56. The van der Waals surface area contributed by atoms with Crippen molar-refractivity contribution in [2.24, 2.45) is 5.41 Å². The third-order valence-electron chi connectivity index (χ3n) is 4.57. The summed E-state index contributed by atoms with van der Waals surface area (Å²) in [6.45, 7) is 3.36. The second-order valence-corrected chi connectivity index (χ2v) is 9.36. The van der Waals surface area contributed by atoms with E-state index in [1.807, 2.05) is 5.48 Å². The molecule has 0 radical (unpaired) electrons. The van der Waals surface area contributed by atoms with Gasteiger partial charge in [-0.2, -0.15) is 9.87 Å². The van der Waals surface area contributed by atoms with Crippen molar-refractivity contribution < 1.29 is 33.5 Å². The number of hydroxylamine groups is 1. The molecule has 0 aromatic heterocycles. The van der Waals surface area contributed by atoms with E-state index < -0.39 is 33.1 Å². The number of hydrogen-bond donors (Lipinski definition) is 2. The molecule has 1 aromatic carbocycles. The fourth-order valence-corrected chi connectivity index (χ4v) is 3.68. The molecule has 0 aliphatic carbocycles. The molecule has 1 aromatic rings. The van der Waals surface area contributed by atoms with Crippen molar-refractivity contribution in [2.75, 3.05) is 4.31 Å². The number of carbonyl (C=O) groups is 4. The number of rotatable bonds is 11. The zero-order valence-corrected chi connectivity index (χ0v) is 19.2. The van der Waals surface area contributed by atoms with Crippen LogP contribution in [0.5, 0.6) is 0 Å². The number of Topliss-reactive ketones (excluding diaryl/α,β-unsaturated/α-hetero) is 1. The van der Waals surface area contributed by atoms with E-state index in [0.29, 0.717) is 0 Å². The Hall–Kier alpha value is -2.04. The van der Waals surface area contributed by atoms with Crippen molar-refractivity contribution in [2.45, 2.75) is 49.9 Å². The highest BCUT2D eigenvalue weighted by Crippen LogP contribution is 2.41. The van der Waals surface area contributed by atoms with Gasteiger partial charge in [0.1, 0.15) is 5.78 Å². The lowest BCUT2D eigenvalue weighted by molar-refractivity contribution is -0.144. The summed E-state index contributed by atoms with van der Waals surface area (Å²) >= 11 is 10.8. The summed E-state index contributed by atoms with van der Waals surface area (Å²) in [6.07, 6.45) is -1.48. The molecule has 2 amide bonds. The molecule has 0 heterocycles. The lowest BCUT2D eigenvalue weighted by atomic mass is 9.76. The maximum Gasteiger partial charge on any atom is 0.449 e. The van der Waals surface area contributed by atoms with Gasteiger partial charge in [-0.1, -0.05) is 55.2 Å². The van der Waals surface area contributed by atoms with Gasteiger partial charge < -0.3 is 9.94 Å². The van der Waals surface area contributed by atoms with Gasteiger partial charge >= 0.3 is 16.0 Å². The van der Waals surface area contributed by atoms with E-state index in [0.717, 1.165) is 4.31 Å². The smallest absolute Gasteiger partial charge is 0.449 e. The van der Waals surface area contributed by atoms with E-state index in [9.17, 15) is 23.6 Å². The van der Waals surface area contributed by atoms with Crippen molar-refractivity contribution in [3.8, 4) is 0 Å². The molecule has 2 N–H and O–H groups in total. The average Bonchev–Trinajstić information content (AvgIpc) is 2.72. The maximum absolute atomic E-state index is 13.7. The fraction of sp³-hybridized carbons (Fsp3) is 0.474. The molecule has 0 bridgehead atoms. The minimum atomic E-state index is -2.86. The van der Waals surface area contributed by atoms with Gasteiger partial charge in [0.2, 0.25) is 0 Å². The number of halogens is 3. The van der Waals surface area contributed by atoms with Crippen molar-refractivity contribution >= 4 is 64.6 Å². The molecule has 0 unspecified atom stereocenters. The number of benzene rings is 1. The molecule has 172 valence electrons. The van der Waals surface area contributed by atoms with Crippen molar-refractivity contribution in [3.63, 3.8) is 0 Å². The topological polar surface area (TPSA) is 113 Å².